The summed E-state index contributed by atoms with van der Waals surface area (Å²) in [4.78, 5) is 0. The van der Waals surface area contributed by atoms with E-state index in [1.807, 2.05) is 30.3 Å². The maximum absolute atomic E-state index is 13.0. The van der Waals surface area contributed by atoms with Crippen LogP contribution in [0.3, 0.4) is 0 Å². The standard InChI is InChI=1S/C17H17FO2/c1-13(18)10-15-8-9-16(19-2)11-17(15)20-12-14-6-4-3-5-7-14/h3-9,11H,1,10,12H2,2H3. The molecule has 0 amide bonds. The summed E-state index contributed by atoms with van der Waals surface area (Å²) in [6, 6.07) is 15.2. The Kier molecular flexibility index (Phi) is 4.77. The Morgan fingerprint density at radius 3 is 2.55 bits per heavy atom. The highest BCUT2D eigenvalue weighted by molar-refractivity contribution is 5.42. The van der Waals surface area contributed by atoms with Gasteiger partial charge in [-0.25, -0.2) is 4.39 Å². The summed E-state index contributed by atoms with van der Waals surface area (Å²) in [6.45, 7) is 3.73. The van der Waals surface area contributed by atoms with E-state index in [4.69, 9.17) is 9.47 Å². The molecule has 0 radical (unpaired) electrons. The quantitative estimate of drug-likeness (QED) is 0.780. The van der Waals surface area contributed by atoms with Gasteiger partial charge in [0.05, 0.1) is 12.9 Å². The van der Waals surface area contributed by atoms with E-state index in [1.165, 1.54) is 0 Å². The second kappa shape index (κ2) is 6.75. The van der Waals surface area contributed by atoms with Crippen molar-refractivity contribution in [3.8, 4) is 11.5 Å². The molecular formula is C17H17FO2. The third kappa shape index (κ3) is 3.85. The van der Waals surface area contributed by atoms with Gasteiger partial charge in [-0.05, 0) is 11.6 Å². The molecule has 0 fully saturated rings. The molecule has 2 aromatic carbocycles. The van der Waals surface area contributed by atoms with Crippen molar-refractivity contribution in [2.75, 3.05) is 7.11 Å². The normalized spacial score (nSPS) is 10.1. The molecule has 0 N–H and O–H groups in total. The van der Waals surface area contributed by atoms with Crippen LogP contribution in [0.5, 0.6) is 11.5 Å². The molecule has 0 bridgehead atoms. The van der Waals surface area contributed by atoms with Gasteiger partial charge >= 0.3 is 0 Å². The van der Waals surface area contributed by atoms with Gasteiger partial charge < -0.3 is 9.47 Å². The second-order valence-electron chi connectivity index (χ2n) is 4.44. The van der Waals surface area contributed by atoms with Gasteiger partial charge in [0.25, 0.3) is 0 Å². The Bertz CT molecular complexity index is 579. The van der Waals surface area contributed by atoms with Gasteiger partial charge in [-0.3, -0.25) is 0 Å². The van der Waals surface area contributed by atoms with E-state index in [0.717, 1.165) is 11.1 Å². The van der Waals surface area contributed by atoms with E-state index in [1.54, 1.807) is 25.3 Å². The third-order valence-electron chi connectivity index (χ3n) is 2.89. The molecule has 0 saturated heterocycles. The fraction of sp³-hybridized carbons (Fsp3) is 0.176. The number of rotatable bonds is 6. The third-order valence-corrected chi connectivity index (χ3v) is 2.89. The topological polar surface area (TPSA) is 18.5 Å². The van der Waals surface area contributed by atoms with Gasteiger partial charge in [-0.15, -0.1) is 0 Å². The van der Waals surface area contributed by atoms with Crippen LogP contribution in [0.4, 0.5) is 4.39 Å². The maximum Gasteiger partial charge on any atom is 0.127 e. The second-order valence-corrected chi connectivity index (χ2v) is 4.44. The lowest BCUT2D eigenvalue weighted by Gasteiger charge is -2.12. The van der Waals surface area contributed by atoms with Gasteiger partial charge in [0.2, 0.25) is 0 Å². The molecule has 2 aromatic rings. The number of benzene rings is 2. The molecular weight excluding hydrogens is 255 g/mol. The Balaban J connectivity index is 2.17. The van der Waals surface area contributed by atoms with Crippen molar-refractivity contribution in [2.45, 2.75) is 13.0 Å². The maximum atomic E-state index is 13.0. The van der Waals surface area contributed by atoms with Crippen molar-refractivity contribution < 1.29 is 13.9 Å². The van der Waals surface area contributed by atoms with Crippen molar-refractivity contribution in [3.05, 3.63) is 72.1 Å². The number of allylic oxidation sites excluding steroid dienone is 1. The monoisotopic (exact) mass is 272 g/mol. The average molecular weight is 272 g/mol. The van der Waals surface area contributed by atoms with Crippen molar-refractivity contribution in [1.29, 1.82) is 0 Å². The fourth-order valence-electron chi connectivity index (χ4n) is 1.88. The molecule has 0 aromatic heterocycles. The van der Waals surface area contributed by atoms with E-state index in [2.05, 4.69) is 6.58 Å². The van der Waals surface area contributed by atoms with Crippen LogP contribution in [0.15, 0.2) is 60.9 Å². The Labute approximate surface area is 118 Å². The van der Waals surface area contributed by atoms with Crippen molar-refractivity contribution >= 4 is 0 Å². The first kappa shape index (κ1) is 14.1. The van der Waals surface area contributed by atoms with E-state index >= 15 is 0 Å². The highest BCUT2D eigenvalue weighted by Gasteiger charge is 2.08. The predicted molar refractivity (Wildman–Crippen MR) is 77.7 cm³/mol. The van der Waals surface area contributed by atoms with Crippen LogP contribution in [-0.2, 0) is 13.0 Å². The minimum absolute atomic E-state index is 0.147. The zero-order chi connectivity index (χ0) is 14.4. The first-order chi connectivity index (χ1) is 9.69. The van der Waals surface area contributed by atoms with Crippen LogP contribution in [-0.4, -0.2) is 7.11 Å². The lowest BCUT2D eigenvalue weighted by Crippen LogP contribution is -1.99. The summed E-state index contributed by atoms with van der Waals surface area (Å²) in [5.74, 6) is 0.910. The van der Waals surface area contributed by atoms with Crippen molar-refractivity contribution in [3.63, 3.8) is 0 Å². The summed E-state index contributed by atoms with van der Waals surface area (Å²) in [7, 11) is 1.59. The first-order valence-electron chi connectivity index (χ1n) is 6.36. The Morgan fingerprint density at radius 2 is 1.90 bits per heavy atom. The molecule has 0 heterocycles. The van der Waals surface area contributed by atoms with Gasteiger partial charge in [0, 0.05) is 18.1 Å². The van der Waals surface area contributed by atoms with E-state index in [9.17, 15) is 4.39 Å². The molecule has 0 aliphatic heterocycles. The smallest absolute Gasteiger partial charge is 0.127 e. The van der Waals surface area contributed by atoms with Crippen LogP contribution < -0.4 is 9.47 Å². The molecule has 0 spiro atoms. The summed E-state index contributed by atoms with van der Waals surface area (Å²) in [5.41, 5.74) is 1.81. The Hall–Kier alpha value is -2.29. The summed E-state index contributed by atoms with van der Waals surface area (Å²) < 4.78 is 24.0. The minimum Gasteiger partial charge on any atom is -0.497 e. The van der Waals surface area contributed by atoms with E-state index < -0.39 is 0 Å². The van der Waals surface area contributed by atoms with E-state index in [-0.39, 0.29) is 12.2 Å². The van der Waals surface area contributed by atoms with Crippen LogP contribution in [0, 0.1) is 0 Å². The predicted octanol–water partition coefficient (Wildman–Crippen LogP) is 4.30. The van der Waals surface area contributed by atoms with Gasteiger partial charge in [0.1, 0.15) is 18.1 Å². The molecule has 3 heteroatoms. The van der Waals surface area contributed by atoms with Crippen molar-refractivity contribution in [1.82, 2.24) is 0 Å². The lowest BCUT2D eigenvalue weighted by molar-refractivity contribution is 0.300. The summed E-state index contributed by atoms with van der Waals surface area (Å²) in [6.07, 6.45) is 0.147. The summed E-state index contributed by atoms with van der Waals surface area (Å²) in [5, 5.41) is 0. The zero-order valence-electron chi connectivity index (χ0n) is 11.4. The lowest BCUT2D eigenvalue weighted by atomic mass is 10.1. The number of methoxy groups -OCH3 is 1. The van der Waals surface area contributed by atoms with E-state index in [0.29, 0.717) is 18.1 Å². The molecule has 2 rings (SSSR count). The minimum atomic E-state index is -0.389. The number of hydrogen-bond donors (Lipinski definition) is 0. The molecule has 0 saturated carbocycles. The highest BCUT2D eigenvalue weighted by atomic mass is 19.1. The molecule has 20 heavy (non-hydrogen) atoms. The number of hydrogen-bond acceptors (Lipinski definition) is 2. The van der Waals surface area contributed by atoms with Gasteiger partial charge in [-0.2, -0.15) is 0 Å². The van der Waals surface area contributed by atoms with Crippen LogP contribution >= 0.6 is 0 Å². The molecule has 0 aliphatic rings. The molecule has 104 valence electrons. The zero-order valence-corrected chi connectivity index (χ0v) is 11.4. The number of ether oxygens (including phenoxy) is 2. The first-order valence-corrected chi connectivity index (χ1v) is 6.36. The highest BCUT2D eigenvalue weighted by Crippen LogP contribution is 2.27. The fourth-order valence-corrected chi connectivity index (χ4v) is 1.88. The van der Waals surface area contributed by atoms with Crippen LogP contribution in [0.25, 0.3) is 0 Å². The largest absolute Gasteiger partial charge is 0.497 e. The summed E-state index contributed by atoms with van der Waals surface area (Å²) >= 11 is 0. The van der Waals surface area contributed by atoms with Gasteiger partial charge in [0.15, 0.2) is 0 Å². The molecule has 0 unspecified atom stereocenters. The van der Waals surface area contributed by atoms with Crippen molar-refractivity contribution in [2.24, 2.45) is 0 Å². The number of halogens is 1. The van der Waals surface area contributed by atoms with Crippen LogP contribution in [0.1, 0.15) is 11.1 Å². The molecule has 0 atom stereocenters. The van der Waals surface area contributed by atoms with Crippen LogP contribution in [0.2, 0.25) is 0 Å². The average Bonchev–Trinajstić information content (AvgIpc) is 2.47. The molecule has 0 aliphatic carbocycles. The molecule has 2 nitrogen and oxygen atoms in total. The van der Waals surface area contributed by atoms with Gasteiger partial charge in [-0.1, -0.05) is 43.0 Å². The SMILES string of the molecule is C=C(F)Cc1ccc(OC)cc1OCc1ccccc1. The Morgan fingerprint density at radius 1 is 1.15 bits per heavy atom.